The second kappa shape index (κ2) is 7.08. The van der Waals surface area contributed by atoms with Crippen LogP contribution < -0.4 is 15.7 Å². The van der Waals surface area contributed by atoms with E-state index in [1.54, 1.807) is 35.8 Å². The molecule has 0 atom stereocenters. The lowest BCUT2D eigenvalue weighted by Crippen LogP contribution is -2.35. The maximum absolute atomic E-state index is 12.2. The molecule has 0 unspecified atom stereocenters. The van der Waals surface area contributed by atoms with Gasteiger partial charge in [-0.1, -0.05) is 35.1 Å². The second-order valence-electron chi connectivity index (χ2n) is 4.69. The molecule has 6 nitrogen and oxygen atoms in total. The van der Waals surface area contributed by atoms with Crippen molar-refractivity contribution < 1.29 is 4.79 Å². The number of anilines is 1. The van der Waals surface area contributed by atoms with Gasteiger partial charge in [0.1, 0.15) is 6.54 Å². The van der Waals surface area contributed by atoms with E-state index in [-0.39, 0.29) is 6.54 Å². The highest BCUT2D eigenvalue weighted by Crippen LogP contribution is 2.22. The predicted molar refractivity (Wildman–Crippen MR) is 96.0 cm³/mol. The summed E-state index contributed by atoms with van der Waals surface area (Å²) < 4.78 is 0.896. The summed E-state index contributed by atoms with van der Waals surface area (Å²) in [6, 6.07) is 8.16. The van der Waals surface area contributed by atoms with Gasteiger partial charge in [0, 0.05) is 27.5 Å². The van der Waals surface area contributed by atoms with Gasteiger partial charge in [-0.05, 0) is 17.7 Å². The standard InChI is InChI=1S/C15H10ClN3O3S2/c16-10-3-1-9(2-4-10)11-7-13(21)19(15(22)24-11)8-12(20)18-14-17-5-6-23-14/h1-7H,8H2,(H,17,18,20). The predicted octanol–water partition coefficient (Wildman–Crippen LogP) is 2.69. The van der Waals surface area contributed by atoms with Crippen LogP contribution in [-0.4, -0.2) is 15.5 Å². The molecular weight excluding hydrogens is 370 g/mol. The van der Waals surface area contributed by atoms with E-state index in [4.69, 9.17) is 11.6 Å². The number of aromatic nitrogens is 2. The lowest BCUT2D eigenvalue weighted by molar-refractivity contribution is -0.116. The molecule has 2 aromatic heterocycles. The van der Waals surface area contributed by atoms with Gasteiger partial charge < -0.3 is 5.32 Å². The molecule has 0 aliphatic rings. The third-order valence-electron chi connectivity index (χ3n) is 3.05. The van der Waals surface area contributed by atoms with E-state index in [0.717, 1.165) is 21.5 Å². The summed E-state index contributed by atoms with van der Waals surface area (Å²) in [6.07, 6.45) is 1.55. The molecule has 0 radical (unpaired) electrons. The van der Waals surface area contributed by atoms with E-state index >= 15 is 0 Å². The topological polar surface area (TPSA) is 81.1 Å². The summed E-state index contributed by atoms with van der Waals surface area (Å²) in [6.45, 7) is -0.353. The minimum absolute atomic E-state index is 0.353. The number of nitrogens with one attached hydrogen (secondary N) is 1. The summed E-state index contributed by atoms with van der Waals surface area (Å²) in [5.41, 5.74) is 0.191. The molecule has 0 saturated heterocycles. The summed E-state index contributed by atoms with van der Waals surface area (Å²) in [4.78, 5) is 40.3. The van der Waals surface area contributed by atoms with Crippen molar-refractivity contribution in [3.8, 4) is 10.4 Å². The molecule has 24 heavy (non-hydrogen) atoms. The van der Waals surface area contributed by atoms with Crippen LogP contribution in [0.2, 0.25) is 5.02 Å². The molecule has 3 aromatic rings. The molecule has 9 heteroatoms. The van der Waals surface area contributed by atoms with Crippen molar-refractivity contribution in [3.63, 3.8) is 0 Å². The van der Waals surface area contributed by atoms with E-state index in [0.29, 0.717) is 15.0 Å². The maximum Gasteiger partial charge on any atom is 0.310 e. The number of benzene rings is 1. The third kappa shape index (κ3) is 3.78. The normalized spacial score (nSPS) is 10.5. The smallest absolute Gasteiger partial charge is 0.300 e. The summed E-state index contributed by atoms with van der Waals surface area (Å²) in [5.74, 6) is -0.476. The molecule has 1 aromatic carbocycles. The SMILES string of the molecule is O=C(Cn1c(=O)cc(-c2ccc(Cl)cc2)sc1=O)Nc1nccs1. The third-order valence-corrected chi connectivity index (χ3v) is 4.96. The van der Waals surface area contributed by atoms with Gasteiger partial charge in [0.2, 0.25) is 5.91 Å². The Bertz CT molecular complexity index is 947. The molecule has 0 fully saturated rings. The fourth-order valence-corrected chi connectivity index (χ4v) is 3.48. The Labute approximate surface area is 149 Å². The van der Waals surface area contributed by atoms with Crippen LogP contribution in [0.15, 0.2) is 51.5 Å². The van der Waals surface area contributed by atoms with Crippen molar-refractivity contribution in [2.75, 3.05) is 5.32 Å². The highest BCUT2D eigenvalue weighted by molar-refractivity contribution is 7.13. The number of thiazole rings is 1. The molecule has 0 aliphatic heterocycles. The van der Waals surface area contributed by atoms with Crippen molar-refractivity contribution in [3.05, 3.63) is 67.0 Å². The Balaban J connectivity index is 1.85. The van der Waals surface area contributed by atoms with Crippen LogP contribution in [0.1, 0.15) is 0 Å². The van der Waals surface area contributed by atoms with E-state index < -0.39 is 16.3 Å². The lowest BCUT2D eigenvalue weighted by atomic mass is 10.2. The Morgan fingerprint density at radius 2 is 2.00 bits per heavy atom. The number of halogens is 1. The zero-order valence-corrected chi connectivity index (χ0v) is 14.5. The molecule has 0 bridgehead atoms. The van der Waals surface area contributed by atoms with E-state index in [2.05, 4.69) is 10.3 Å². The van der Waals surface area contributed by atoms with Gasteiger partial charge in [0.25, 0.3) is 5.56 Å². The average Bonchev–Trinajstić information content (AvgIpc) is 3.04. The number of amides is 1. The van der Waals surface area contributed by atoms with Crippen LogP contribution in [0.5, 0.6) is 0 Å². The molecule has 1 amide bonds. The highest BCUT2D eigenvalue weighted by atomic mass is 35.5. The van der Waals surface area contributed by atoms with Crippen LogP contribution in [0.25, 0.3) is 10.4 Å². The van der Waals surface area contributed by atoms with Crippen molar-refractivity contribution in [2.24, 2.45) is 0 Å². The first kappa shape index (κ1) is 16.6. The zero-order valence-electron chi connectivity index (χ0n) is 12.1. The fourth-order valence-electron chi connectivity index (χ4n) is 1.95. The summed E-state index contributed by atoms with van der Waals surface area (Å²) in [5, 5.41) is 5.24. The number of carbonyl (C=O) groups is 1. The van der Waals surface area contributed by atoms with Gasteiger partial charge in [0.15, 0.2) is 5.13 Å². The van der Waals surface area contributed by atoms with Crippen molar-refractivity contribution in [1.82, 2.24) is 9.55 Å². The van der Waals surface area contributed by atoms with Gasteiger partial charge in [-0.25, -0.2) is 4.98 Å². The van der Waals surface area contributed by atoms with Crippen LogP contribution in [0.4, 0.5) is 5.13 Å². The zero-order chi connectivity index (χ0) is 17.1. The van der Waals surface area contributed by atoms with E-state index in [9.17, 15) is 14.4 Å². The summed E-state index contributed by atoms with van der Waals surface area (Å²) >= 11 is 7.98. The molecule has 122 valence electrons. The number of hydrogen-bond donors (Lipinski definition) is 1. The van der Waals surface area contributed by atoms with Crippen molar-refractivity contribution in [2.45, 2.75) is 6.54 Å². The first-order chi connectivity index (χ1) is 11.5. The Hall–Kier alpha value is -2.29. The molecule has 0 spiro atoms. The Kier molecular flexibility index (Phi) is 4.89. The van der Waals surface area contributed by atoms with Crippen LogP contribution in [0.3, 0.4) is 0 Å². The van der Waals surface area contributed by atoms with Gasteiger partial charge >= 0.3 is 4.87 Å². The van der Waals surface area contributed by atoms with Gasteiger partial charge in [-0.3, -0.25) is 19.0 Å². The number of nitrogens with zero attached hydrogens (tertiary/aromatic N) is 2. The molecule has 3 rings (SSSR count). The highest BCUT2D eigenvalue weighted by Gasteiger charge is 2.12. The Morgan fingerprint density at radius 3 is 2.62 bits per heavy atom. The molecule has 2 heterocycles. The Morgan fingerprint density at radius 1 is 1.25 bits per heavy atom. The van der Waals surface area contributed by atoms with Crippen molar-refractivity contribution >= 4 is 45.3 Å². The second-order valence-corrected chi connectivity index (χ2v) is 7.02. The number of rotatable bonds is 4. The van der Waals surface area contributed by atoms with E-state index in [1.807, 2.05) is 0 Å². The number of carbonyl (C=O) groups excluding carboxylic acids is 1. The fraction of sp³-hybridized carbons (Fsp3) is 0.0667. The lowest BCUT2D eigenvalue weighted by Gasteiger charge is -2.06. The summed E-state index contributed by atoms with van der Waals surface area (Å²) in [7, 11) is 0. The van der Waals surface area contributed by atoms with Gasteiger partial charge in [-0.2, -0.15) is 0 Å². The minimum atomic E-state index is -0.530. The number of hydrogen-bond acceptors (Lipinski definition) is 6. The molecule has 0 saturated carbocycles. The molecule has 0 aliphatic carbocycles. The van der Waals surface area contributed by atoms with E-state index in [1.165, 1.54) is 17.4 Å². The molecular formula is C15H10ClN3O3S2. The van der Waals surface area contributed by atoms with Crippen LogP contribution in [0, 0.1) is 0 Å². The van der Waals surface area contributed by atoms with Gasteiger partial charge in [-0.15, -0.1) is 11.3 Å². The minimum Gasteiger partial charge on any atom is -0.300 e. The van der Waals surface area contributed by atoms with Crippen LogP contribution >= 0.6 is 34.3 Å². The largest absolute Gasteiger partial charge is 0.310 e. The van der Waals surface area contributed by atoms with Crippen molar-refractivity contribution in [1.29, 1.82) is 0 Å². The monoisotopic (exact) mass is 379 g/mol. The van der Waals surface area contributed by atoms with Crippen LogP contribution in [-0.2, 0) is 11.3 Å². The quantitative estimate of drug-likeness (QED) is 0.755. The first-order valence-electron chi connectivity index (χ1n) is 6.73. The average molecular weight is 380 g/mol. The molecule has 1 N–H and O–H groups in total. The first-order valence-corrected chi connectivity index (χ1v) is 8.80. The maximum atomic E-state index is 12.2. The van der Waals surface area contributed by atoms with Gasteiger partial charge in [0.05, 0.1) is 0 Å².